The highest BCUT2D eigenvalue weighted by molar-refractivity contribution is 6.02. The smallest absolute Gasteiger partial charge is 0.239 e. The second kappa shape index (κ2) is 7.26. The predicted octanol–water partition coefficient (Wildman–Crippen LogP) is 3.58. The summed E-state index contributed by atoms with van der Waals surface area (Å²) in [7, 11) is 1.61. The van der Waals surface area contributed by atoms with Crippen molar-refractivity contribution in [2.75, 3.05) is 13.7 Å². The first-order chi connectivity index (χ1) is 14.3. The van der Waals surface area contributed by atoms with E-state index in [-0.39, 0.29) is 17.5 Å². The molecule has 0 radical (unpaired) electrons. The van der Waals surface area contributed by atoms with Crippen molar-refractivity contribution in [2.24, 2.45) is 0 Å². The fourth-order valence-corrected chi connectivity index (χ4v) is 4.46. The SMILES string of the molecule is CCOC1(c2ccc([C@H]3C(=O)N(C)C(=N)N[C@]3(C)c3cccc(C#N)c3)cc2)CC1. The molecule has 1 heterocycles. The van der Waals surface area contributed by atoms with Crippen LogP contribution in [0.1, 0.15) is 54.9 Å². The Morgan fingerprint density at radius 3 is 2.53 bits per heavy atom. The van der Waals surface area contributed by atoms with E-state index in [1.54, 1.807) is 19.2 Å². The number of rotatable bonds is 5. The van der Waals surface area contributed by atoms with Gasteiger partial charge in [0.05, 0.1) is 28.7 Å². The van der Waals surface area contributed by atoms with Crippen molar-refractivity contribution in [3.05, 3.63) is 70.8 Å². The topological polar surface area (TPSA) is 89.2 Å². The molecular formula is C24H26N4O2. The van der Waals surface area contributed by atoms with Gasteiger partial charge in [0.2, 0.25) is 5.91 Å². The minimum Gasteiger partial charge on any atom is -0.371 e. The van der Waals surface area contributed by atoms with E-state index in [9.17, 15) is 10.1 Å². The van der Waals surface area contributed by atoms with Crippen LogP contribution in [0.4, 0.5) is 0 Å². The minimum atomic E-state index is -0.855. The van der Waals surface area contributed by atoms with E-state index in [1.807, 2.05) is 38.1 Å². The van der Waals surface area contributed by atoms with E-state index in [0.717, 1.165) is 29.5 Å². The number of nitrogens with zero attached hydrogens (tertiary/aromatic N) is 2. The first kappa shape index (κ1) is 20.1. The molecule has 2 N–H and O–H groups in total. The Hall–Kier alpha value is -3.17. The molecule has 0 spiro atoms. The highest BCUT2D eigenvalue weighted by atomic mass is 16.5. The number of carbonyl (C=O) groups is 1. The maximum Gasteiger partial charge on any atom is 0.239 e. The van der Waals surface area contributed by atoms with Gasteiger partial charge < -0.3 is 10.1 Å². The van der Waals surface area contributed by atoms with Crippen LogP contribution >= 0.6 is 0 Å². The summed E-state index contributed by atoms with van der Waals surface area (Å²) in [5.41, 5.74) is 2.30. The van der Waals surface area contributed by atoms with Gasteiger partial charge in [-0.05, 0) is 55.5 Å². The second-order valence-electron chi connectivity index (χ2n) is 8.25. The van der Waals surface area contributed by atoms with E-state index >= 15 is 0 Å². The van der Waals surface area contributed by atoms with E-state index in [4.69, 9.17) is 10.1 Å². The molecule has 1 saturated carbocycles. The van der Waals surface area contributed by atoms with Gasteiger partial charge in [-0.2, -0.15) is 5.26 Å². The molecule has 1 aliphatic heterocycles. The number of likely N-dealkylation sites (N-methyl/N-ethyl adjacent to an activating group) is 1. The molecule has 0 unspecified atom stereocenters. The molecule has 0 aromatic heterocycles. The van der Waals surface area contributed by atoms with Gasteiger partial charge in [0.1, 0.15) is 0 Å². The molecule has 2 aromatic carbocycles. The lowest BCUT2D eigenvalue weighted by Crippen LogP contribution is -2.62. The third-order valence-corrected chi connectivity index (χ3v) is 6.35. The van der Waals surface area contributed by atoms with Crippen molar-refractivity contribution in [2.45, 2.75) is 43.7 Å². The summed E-state index contributed by atoms with van der Waals surface area (Å²) in [5, 5.41) is 20.8. The van der Waals surface area contributed by atoms with Crippen LogP contribution in [0.5, 0.6) is 0 Å². The summed E-state index contributed by atoms with van der Waals surface area (Å²) in [4.78, 5) is 14.7. The third-order valence-electron chi connectivity index (χ3n) is 6.35. The molecule has 2 aliphatic rings. The Kier molecular flexibility index (Phi) is 4.87. The van der Waals surface area contributed by atoms with Crippen molar-refractivity contribution in [1.82, 2.24) is 10.2 Å². The number of ether oxygens (including phenoxy) is 1. The predicted molar refractivity (Wildman–Crippen MR) is 114 cm³/mol. The van der Waals surface area contributed by atoms with Crippen LogP contribution in [0.25, 0.3) is 0 Å². The van der Waals surface area contributed by atoms with Gasteiger partial charge in [-0.3, -0.25) is 15.1 Å². The third kappa shape index (κ3) is 3.16. The fourth-order valence-electron chi connectivity index (χ4n) is 4.46. The highest BCUT2D eigenvalue weighted by Gasteiger charge is 2.49. The number of nitriles is 1. The average molecular weight is 402 g/mol. The number of carbonyl (C=O) groups excluding carboxylic acids is 1. The summed E-state index contributed by atoms with van der Waals surface area (Å²) < 4.78 is 5.95. The van der Waals surface area contributed by atoms with E-state index in [0.29, 0.717) is 12.2 Å². The summed E-state index contributed by atoms with van der Waals surface area (Å²) in [6, 6.07) is 17.5. The Morgan fingerprint density at radius 1 is 1.23 bits per heavy atom. The Morgan fingerprint density at radius 2 is 1.93 bits per heavy atom. The molecule has 2 aromatic rings. The Bertz CT molecular complexity index is 1040. The maximum atomic E-state index is 13.3. The van der Waals surface area contributed by atoms with Crippen LogP contribution in [0.2, 0.25) is 0 Å². The number of amides is 1. The molecule has 30 heavy (non-hydrogen) atoms. The van der Waals surface area contributed by atoms with Crippen LogP contribution in [0.3, 0.4) is 0 Å². The number of hydrogen-bond acceptors (Lipinski definition) is 4. The first-order valence-electron chi connectivity index (χ1n) is 10.2. The molecule has 1 saturated heterocycles. The molecule has 1 amide bonds. The Labute approximate surface area is 177 Å². The lowest BCUT2D eigenvalue weighted by Gasteiger charge is -2.46. The molecule has 154 valence electrons. The largest absolute Gasteiger partial charge is 0.371 e. The van der Waals surface area contributed by atoms with Gasteiger partial charge in [-0.1, -0.05) is 36.4 Å². The molecule has 6 heteroatoms. The average Bonchev–Trinajstić information content (AvgIpc) is 3.53. The molecule has 6 nitrogen and oxygen atoms in total. The molecule has 1 aliphatic carbocycles. The van der Waals surface area contributed by atoms with Gasteiger partial charge in [-0.25, -0.2) is 0 Å². The highest BCUT2D eigenvalue weighted by Crippen LogP contribution is 2.50. The van der Waals surface area contributed by atoms with Gasteiger partial charge in [0.15, 0.2) is 5.96 Å². The minimum absolute atomic E-state index is 0.0472. The van der Waals surface area contributed by atoms with Gasteiger partial charge >= 0.3 is 0 Å². The fraction of sp³-hybridized carbons (Fsp3) is 0.375. The zero-order valence-corrected chi connectivity index (χ0v) is 17.5. The summed E-state index contributed by atoms with van der Waals surface area (Å²) >= 11 is 0. The normalized spacial score (nSPS) is 24.9. The first-order valence-corrected chi connectivity index (χ1v) is 10.2. The van der Waals surface area contributed by atoms with Crippen molar-refractivity contribution in [1.29, 1.82) is 10.7 Å². The van der Waals surface area contributed by atoms with Crippen molar-refractivity contribution in [3.8, 4) is 6.07 Å². The number of nitrogens with one attached hydrogen (secondary N) is 2. The van der Waals surface area contributed by atoms with Gasteiger partial charge in [0, 0.05) is 13.7 Å². The van der Waals surface area contributed by atoms with Crippen molar-refractivity contribution >= 4 is 11.9 Å². The van der Waals surface area contributed by atoms with Crippen LogP contribution in [-0.2, 0) is 20.7 Å². The Balaban J connectivity index is 1.77. The monoisotopic (exact) mass is 402 g/mol. The van der Waals surface area contributed by atoms with E-state index < -0.39 is 11.5 Å². The molecule has 2 fully saturated rings. The molecule has 0 bridgehead atoms. The van der Waals surface area contributed by atoms with Gasteiger partial charge in [-0.15, -0.1) is 0 Å². The standard InChI is InChI=1S/C24H26N4O2/c1-4-30-24(12-13-24)18-10-8-17(9-11-18)20-21(29)28(3)22(26)27-23(20,2)19-7-5-6-16(14-19)15-25/h5-11,14,20H,4,12-13H2,1-3H3,(H2,26,27)/t20-,23+/m0/s1. The van der Waals surface area contributed by atoms with Crippen LogP contribution in [0.15, 0.2) is 48.5 Å². The van der Waals surface area contributed by atoms with Crippen molar-refractivity contribution in [3.63, 3.8) is 0 Å². The van der Waals surface area contributed by atoms with Crippen molar-refractivity contribution < 1.29 is 9.53 Å². The maximum absolute atomic E-state index is 13.3. The molecular weight excluding hydrogens is 376 g/mol. The summed E-state index contributed by atoms with van der Waals surface area (Å²) in [6.45, 7) is 4.60. The molecule has 2 atom stereocenters. The molecule has 4 rings (SSSR count). The van der Waals surface area contributed by atoms with Crippen LogP contribution in [-0.4, -0.2) is 30.4 Å². The van der Waals surface area contributed by atoms with Crippen LogP contribution in [0, 0.1) is 16.7 Å². The zero-order chi connectivity index (χ0) is 21.5. The number of hydrogen-bond donors (Lipinski definition) is 2. The lowest BCUT2D eigenvalue weighted by molar-refractivity contribution is -0.131. The number of guanidine groups is 1. The van der Waals surface area contributed by atoms with E-state index in [2.05, 4.69) is 23.5 Å². The van der Waals surface area contributed by atoms with Crippen LogP contribution < -0.4 is 5.32 Å². The summed E-state index contributed by atoms with van der Waals surface area (Å²) in [5.74, 6) is -0.643. The quantitative estimate of drug-likeness (QED) is 0.800. The van der Waals surface area contributed by atoms with Gasteiger partial charge in [0.25, 0.3) is 0 Å². The lowest BCUT2D eigenvalue weighted by atomic mass is 9.73. The van der Waals surface area contributed by atoms with E-state index in [1.165, 1.54) is 4.90 Å². The second-order valence-corrected chi connectivity index (χ2v) is 8.25. The number of benzene rings is 2. The zero-order valence-electron chi connectivity index (χ0n) is 17.5. The summed E-state index contributed by atoms with van der Waals surface area (Å²) in [6.07, 6.45) is 2.03.